The second-order valence-electron chi connectivity index (χ2n) is 3.06. The minimum atomic E-state index is 0. The second kappa shape index (κ2) is 9.33. The number of hydrogen-bond acceptors (Lipinski definition) is 8. The second-order valence-corrected chi connectivity index (χ2v) is 3.06. The first kappa shape index (κ1) is 16.3. The molecule has 5 N–H and O–H groups in total. The number of methoxy groups -OCH3 is 2. The van der Waals surface area contributed by atoms with E-state index in [0.717, 1.165) is 6.54 Å². The van der Waals surface area contributed by atoms with Crippen molar-refractivity contribution in [2.24, 2.45) is 0 Å². The Labute approximate surface area is 106 Å². The highest BCUT2D eigenvalue weighted by molar-refractivity contribution is 5.41. The van der Waals surface area contributed by atoms with Gasteiger partial charge in [0.15, 0.2) is 0 Å². The van der Waals surface area contributed by atoms with Crippen molar-refractivity contribution in [3.05, 3.63) is 0 Å². The van der Waals surface area contributed by atoms with E-state index in [9.17, 15) is 0 Å². The lowest BCUT2D eigenvalue weighted by atomic mass is 10.7. The lowest BCUT2D eigenvalue weighted by Crippen LogP contribution is -2.14. The third kappa shape index (κ3) is 5.57. The van der Waals surface area contributed by atoms with E-state index in [2.05, 4.69) is 30.9 Å². The van der Waals surface area contributed by atoms with Crippen LogP contribution in [0.15, 0.2) is 0 Å². The predicted octanol–water partition coefficient (Wildman–Crippen LogP) is -0.490. The summed E-state index contributed by atoms with van der Waals surface area (Å²) < 4.78 is 9.78. The summed E-state index contributed by atoms with van der Waals surface area (Å²) in [6, 6.07) is 0. The molecule has 0 saturated heterocycles. The average molecular weight is 260 g/mol. The Morgan fingerprint density at radius 3 is 1.56 bits per heavy atom. The highest BCUT2D eigenvalue weighted by Crippen LogP contribution is 2.08. The molecule has 0 atom stereocenters. The predicted molar refractivity (Wildman–Crippen MR) is 68.6 cm³/mol. The Kier molecular flexibility index (Phi) is 8.45. The van der Waals surface area contributed by atoms with Crippen LogP contribution >= 0.6 is 0 Å². The Bertz CT molecular complexity index is 312. The Balaban J connectivity index is 0.00000289. The number of rotatable bonds is 8. The quantitative estimate of drug-likeness (QED) is 0.535. The molecule has 0 aromatic carbocycles. The molecule has 1 rings (SSSR count). The first-order chi connectivity index (χ1) is 8.30. The normalized spacial score (nSPS) is 9.50. The van der Waals surface area contributed by atoms with E-state index in [0.29, 0.717) is 31.3 Å². The number of nitrogens with zero attached hydrogens (tertiary/aromatic N) is 3. The van der Waals surface area contributed by atoms with Gasteiger partial charge in [-0.25, -0.2) is 0 Å². The Hall–Kier alpha value is -1.71. The zero-order valence-corrected chi connectivity index (χ0v) is 10.8. The van der Waals surface area contributed by atoms with Crippen molar-refractivity contribution in [1.82, 2.24) is 15.0 Å². The summed E-state index contributed by atoms with van der Waals surface area (Å²) in [5.74, 6) is 1.38. The third-order valence-electron chi connectivity index (χ3n) is 1.72. The molecule has 0 unspecified atom stereocenters. The summed E-state index contributed by atoms with van der Waals surface area (Å²) in [7, 11) is 3.17. The first-order valence-electron chi connectivity index (χ1n) is 5.25. The van der Waals surface area contributed by atoms with Crippen LogP contribution in [0, 0.1) is 0 Å². The van der Waals surface area contributed by atoms with E-state index in [-0.39, 0.29) is 5.48 Å². The average Bonchev–Trinajstić information content (AvgIpc) is 2.34. The number of ether oxygens (including phenoxy) is 2. The fraction of sp³-hybridized carbons (Fsp3) is 0.667. The van der Waals surface area contributed by atoms with Gasteiger partial charge in [0.1, 0.15) is 13.5 Å². The summed E-state index contributed by atoms with van der Waals surface area (Å²) in [5, 5.41) is 8.83. The van der Waals surface area contributed by atoms with Gasteiger partial charge < -0.3 is 30.9 Å². The van der Waals surface area contributed by atoms with Crippen molar-refractivity contribution >= 4 is 17.8 Å². The molecule has 0 bridgehead atoms. The molecule has 1 aromatic heterocycles. The first-order valence-corrected chi connectivity index (χ1v) is 5.25. The Morgan fingerprint density at radius 2 is 1.22 bits per heavy atom. The number of hydrogen-bond donors (Lipinski definition) is 3. The maximum Gasteiger partial charge on any atom is 0.231 e. The van der Waals surface area contributed by atoms with E-state index >= 15 is 0 Å². The molecule has 1 heterocycles. The molecule has 0 aliphatic heterocycles. The molecule has 0 fully saturated rings. The SMILES string of the molecule is CCNc1nc(NCOC)nc(NCOC)n1.O. The van der Waals surface area contributed by atoms with Crippen molar-refractivity contribution in [2.45, 2.75) is 6.92 Å². The molecular formula is C9H20N6O3. The van der Waals surface area contributed by atoms with Crippen LogP contribution in [0.2, 0.25) is 0 Å². The Morgan fingerprint density at radius 1 is 0.833 bits per heavy atom. The van der Waals surface area contributed by atoms with Gasteiger partial charge in [0.2, 0.25) is 17.8 Å². The number of aromatic nitrogens is 3. The molecule has 18 heavy (non-hydrogen) atoms. The standard InChI is InChI=1S/C9H18N6O2.H2O/c1-4-10-7-13-8(11-5-16-2)15-9(14-7)12-6-17-3;/h4-6H2,1-3H3,(H3,10,11,12,13,14,15);1H2. The molecule has 9 heteroatoms. The number of nitrogens with one attached hydrogen (secondary N) is 3. The zero-order chi connectivity index (χ0) is 12.5. The van der Waals surface area contributed by atoms with E-state index in [1.807, 2.05) is 6.92 Å². The smallest absolute Gasteiger partial charge is 0.231 e. The van der Waals surface area contributed by atoms with Crippen molar-refractivity contribution in [3.63, 3.8) is 0 Å². The minimum absolute atomic E-state index is 0. The van der Waals surface area contributed by atoms with Gasteiger partial charge in [0, 0.05) is 20.8 Å². The highest BCUT2D eigenvalue weighted by Gasteiger charge is 2.04. The molecular weight excluding hydrogens is 240 g/mol. The fourth-order valence-corrected chi connectivity index (χ4v) is 1.04. The highest BCUT2D eigenvalue weighted by atomic mass is 16.5. The van der Waals surface area contributed by atoms with Gasteiger partial charge in [-0.15, -0.1) is 0 Å². The lowest BCUT2D eigenvalue weighted by molar-refractivity contribution is 0.219. The zero-order valence-electron chi connectivity index (χ0n) is 10.8. The van der Waals surface area contributed by atoms with Crippen LogP contribution in [-0.4, -0.2) is 54.7 Å². The van der Waals surface area contributed by atoms with E-state index in [4.69, 9.17) is 9.47 Å². The summed E-state index contributed by atoms with van der Waals surface area (Å²) >= 11 is 0. The van der Waals surface area contributed by atoms with Gasteiger partial charge in [0.25, 0.3) is 0 Å². The van der Waals surface area contributed by atoms with Gasteiger partial charge >= 0.3 is 0 Å². The molecule has 0 aliphatic carbocycles. The maximum atomic E-state index is 4.89. The molecule has 0 aliphatic rings. The van der Waals surface area contributed by atoms with Crippen LogP contribution in [-0.2, 0) is 9.47 Å². The fourth-order valence-electron chi connectivity index (χ4n) is 1.04. The van der Waals surface area contributed by atoms with Crippen LogP contribution in [0.5, 0.6) is 0 Å². The van der Waals surface area contributed by atoms with Crippen molar-refractivity contribution in [2.75, 3.05) is 50.2 Å². The van der Waals surface area contributed by atoms with Crippen molar-refractivity contribution < 1.29 is 14.9 Å². The summed E-state index contributed by atoms with van der Waals surface area (Å²) in [6.45, 7) is 3.37. The van der Waals surface area contributed by atoms with Crippen LogP contribution in [0.3, 0.4) is 0 Å². The summed E-state index contributed by atoms with van der Waals surface area (Å²) in [6.07, 6.45) is 0. The molecule has 0 amide bonds. The van der Waals surface area contributed by atoms with Crippen LogP contribution in [0.4, 0.5) is 17.8 Å². The molecule has 9 nitrogen and oxygen atoms in total. The van der Waals surface area contributed by atoms with Crippen molar-refractivity contribution in [1.29, 1.82) is 0 Å². The van der Waals surface area contributed by atoms with Crippen LogP contribution in [0.1, 0.15) is 6.92 Å². The molecule has 0 saturated carbocycles. The van der Waals surface area contributed by atoms with E-state index in [1.165, 1.54) is 0 Å². The van der Waals surface area contributed by atoms with E-state index < -0.39 is 0 Å². The van der Waals surface area contributed by atoms with Gasteiger partial charge in [-0.05, 0) is 6.92 Å². The molecule has 104 valence electrons. The van der Waals surface area contributed by atoms with Gasteiger partial charge in [0.05, 0.1) is 0 Å². The summed E-state index contributed by atoms with van der Waals surface area (Å²) in [5.41, 5.74) is 0. The number of anilines is 3. The molecule has 0 spiro atoms. The third-order valence-corrected chi connectivity index (χ3v) is 1.72. The lowest BCUT2D eigenvalue weighted by Gasteiger charge is -2.09. The van der Waals surface area contributed by atoms with E-state index in [1.54, 1.807) is 14.2 Å². The molecule has 0 radical (unpaired) electrons. The van der Waals surface area contributed by atoms with Crippen molar-refractivity contribution in [3.8, 4) is 0 Å². The van der Waals surface area contributed by atoms with Gasteiger partial charge in [-0.2, -0.15) is 15.0 Å². The largest absolute Gasteiger partial charge is 0.412 e. The van der Waals surface area contributed by atoms with Crippen LogP contribution in [0.25, 0.3) is 0 Å². The maximum absolute atomic E-state index is 4.89. The van der Waals surface area contributed by atoms with Gasteiger partial charge in [-0.3, -0.25) is 0 Å². The minimum Gasteiger partial charge on any atom is -0.412 e. The monoisotopic (exact) mass is 260 g/mol. The molecule has 1 aromatic rings. The van der Waals surface area contributed by atoms with Gasteiger partial charge in [-0.1, -0.05) is 0 Å². The summed E-state index contributed by atoms with van der Waals surface area (Å²) in [4.78, 5) is 12.5. The topological polar surface area (TPSA) is 125 Å². The van der Waals surface area contributed by atoms with Crippen LogP contribution < -0.4 is 16.0 Å².